The third-order valence-corrected chi connectivity index (χ3v) is 5.19. The third kappa shape index (κ3) is 10.4. The van der Waals surface area contributed by atoms with Gasteiger partial charge < -0.3 is 33.2 Å². The summed E-state index contributed by atoms with van der Waals surface area (Å²) in [6, 6.07) is 0. The topological polar surface area (TPSA) is 98.8 Å². The first-order chi connectivity index (χ1) is 20.7. The largest absolute Gasteiger partial charge is 0.485 e. The van der Waals surface area contributed by atoms with Gasteiger partial charge in [0.05, 0.1) is 77.2 Å². The fourth-order valence-electron chi connectivity index (χ4n) is 3.10. The zero-order chi connectivity index (χ0) is 31.8. The highest BCUT2D eigenvalue weighted by Crippen LogP contribution is 2.30. The van der Waals surface area contributed by atoms with Crippen LogP contribution in [0, 0.1) is 46.5 Å². The highest BCUT2D eigenvalue weighted by atomic mass is 19.2. The highest BCUT2D eigenvalue weighted by Gasteiger charge is 2.27. The molecule has 0 amide bonds. The summed E-state index contributed by atoms with van der Waals surface area (Å²) in [5.41, 5.74) is -2.75. The molecule has 2 rings (SSSR count). The molecule has 0 unspecified atom stereocenters. The number of ether oxygens (including phenoxy) is 7. The van der Waals surface area contributed by atoms with Gasteiger partial charge in [-0.3, -0.25) is 9.59 Å². The Morgan fingerprint density at radius 3 is 0.767 bits per heavy atom. The Morgan fingerprint density at radius 1 is 0.349 bits per heavy atom. The van der Waals surface area contributed by atoms with E-state index in [0.29, 0.717) is 0 Å². The Labute approximate surface area is 239 Å². The summed E-state index contributed by atoms with van der Waals surface area (Å²) in [5, 5.41) is 0. The predicted molar refractivity (Wildman–Crippen MR) is 128 cm³/mol. The van der Waals surface area contributed by atoms with Crippen molar-refractivity contribution >= 4 is 12.6 Å². The molecule has 0 aliphatic rings. The second kappa shape index (κ2) is 19.0. The van der Waals surface area contributed by atoms with Crippen molar-refractivity contribution in [2.45, 2.75) is 0 Å². The molecule has 2 aromatic rings. The summed E-state index contributed by atoms with van der Waals surface area (Å²) in [6.45, 7) is 0.00882. The zero-order valence-corrected chi connectivity index (χ0v) is 22.3. The third-order valence-electron chi connectivity index (χ3n) is 5.19. The monoisotopic (exact) mass is 634 g/mol. The number of benzene rings is 2. The van der Waals surface area contributed by atoms with Gasteiger partial charge in [0, 0.05) is 0 Å². The van der Waals surface area contributed by atoms with E-state index in [0.717, 1.165) is 0 Å². The first-order valence-corrected chi connectivity index (χ1v) is 12.4. The van der Waals surface area contributed by atoms with Gasteiger partial charge >= 0.3 is 0 Å². The lowest BCUT2D eigenvalue weighted by atomic mass is 10.2. The van der Waals surface area contributed by atoms with Crippen molar-refractivity contribution in [2.24, 2.45) is 0 Å². The maximum absolute atomic E-state index is 13.7. The van der Waals surface area contributed by atoms with Crippen molar-refractivity contribution in [3.05, 3.63) is 57.7 Å². The van der Waals surface area contributed by atoms with Crippen LogP contribution in [0.5, 0.6) is 11.5 Å². The van der Waals surface area contributed by atoms with Gasteiger partial charge in [0.2, 0.25) is 23.3 Å². The van der Waals surface area contributed by atoms with Crippen LogP contribution in [0.3, 0.4) is 0 Å². The van der Waals surface area contributed by atoms with E-state index in [1.165, 1.54) is 0 Å². The van der Waals surface area contributed by atoms with Crippen molar-refractivity contribution in [3.8, 4) is 11.5 Å². The number of hydrogen-bond acceptors (Lipinski definition) is 9. The van der Waals surface area contributed by atoms with Crippen LogP contribution in [0.15, 0.2) is 0 Å². The number of carbonyl (C=O) groups excluding carboxylic acids is 2. The smallest absolute Gasteiger partial charge is 0.204 e. The van der Waals surface area contributed by atoms with Gasteiger partial charge in [0.25, 0.3) is 0 Å². The molecular formula is C26H26F8O9. The molecule has 0 heterocycles. The lowest BCUT2D eigenvalue weighted by molar-refractivity contribution is -0.0144. The van der Waals surface area contributed by atoms with Crippen LogP contribution in [-0.4, -0.2) is 91.9 Å². The van der Waals surface area contributed by atoms with Crippen molar-refractivity contribution in [2.75, 3.05) is 79.3 Å². The van der Waals surface area contributed by atoms with E-state index in [2.05, 4.69) is 9.47 Å². The minimum Gasteiger partial charge on any atom is -0.485 e. The van der Waals surface area contributed by atoms with Crippen LogP contribution in [0.2, 0.25) is 0 Å². The summed E-state index contributed by atoms with van der Waals surface area (Å²) in [7, 11) is 0. The molecular weight excluding hydrogens is 608 g/mol. The summed E-state index contributed by atoms with van der Waals surface area (Å²) in [6.07, 6.45) is -0.698. The van der Waals surface area contributed by atoms with Crippen LogP contribution in [0.1, 0.15) is 20.7 Å². The predicted octanol–water partition coefficient (Wildman–Crippen LogP) is 3.97. The van der Waals surface area contributed by atoms with Gasteiger partial charge in [-0.25, -0.2) is 17.6 Å². The average Bonchev–Trinajstić information content (AvgIpc) is 2.99. The number of hydrogen-bond donors (Lipinski definition) is 0. The van der Waals surface area contributed by atoms with E-state index >= 15 is 0 Å². The molecule has 9 nitrogen and oxygen atoms in total. The van der Waals surface area contributed by atoms with E-state index in [9.17, 15) is 44.7 Å². The number of carbonyl (C=O) groups is 2. The maximum Gasteiger partial charge on any atom is 0.204 e. The molecule has 0 fully saturated rings. The lowest BCUT2D eigenvalue weighted by Gasteiger charge is -2.11. The molecule has 0 spiro atoms. The fourth-order valence-corrected chi connectivity index (χ4v) is 3.10. The van der Waals surface area contributed by atoms with Gasteiger partial charge in [-0.2, -0.15) is 17.6 Å². The molecule has 0 aliphatic carbocycles. The zero-order valence-electron chi connectivity index (χ0n) is 22.3. The molecule has 0 N–H and O–H groups in total. The standard InChI is InChI=1S/C26H26F8O9/c27-17-15(13-35)18(28)22(32)25(21(17)31)42-11-9-40-7-5-38-3-1-37-2-4-39-6-8-41-10-12-43-26-23(33)19(29)16(14-36)20(30)24(26)34/h13-14H,1-12H2. The van der Waals surface area contributed by atoms with E-state index < -0.39 is 82.4 Å². The average molecular weight is 634 g/mol. The minimum absolute atomic E-state index is 0.0688. The molecule has 0 radical (unpaired) electrons. The normalized spacial score (nSPS) is 11.2. The number of aldehydes is 2. The maximum atomic E-state index is 13.7. The Hall–Kier alpha value is -3.38. The van der Waals surface area contributed by atoms with E-state index in [1.54, 1.807) is 0 Å². The first-order valence-electron chi connectivity index (χ1n) is 12.4. The molecule has 0 atom stereocenters. The van der Waals surface area contributed by atoms with Gasteiger partial charge in [0.1, 0.15) is 13.2 Å². The van der Waals surface area contributed by atoms with Gasteiger partial charge in [-0.1, -0.05) is 0 Å². The SMILES string of the molecule is O=Cc1c(F)c(F)c(OCCOCCOCCOCCOCCOCCOc2c(F)c(F)c(C=O)c(F)c2F)c(F)c1F. The van der Waals surface area contributed by atoms with Crippen LogP contribution in [0.4, 0.5) is 35.1 Å². The minimum atomic E-state index is -1.86. The number of rotatable bonds is 22. The Kier molecular flexibility index (Phi) is 15.8. The Balaban J connectivity index is 1.41. The molecule has 43 heavy (non-hydrogen) atoms. The molecule has 2 aromatic carbocycles. The van der Waals surface area contributed by atoms with Crippen molar-refractivity contribution in [1.29, 1.82) is 0 Å². The summed E-state index contributed by atoms with van der Waals surface area (Å²) in [4.78, 5) is 21.1. The van der Waals surface area contributed by atoms with Crippen molar-refractivity contribution in [3.63, 3.8) is 0 Å². The molecule has 0 aliphatic heterocycles. The molecule has 0 bridgehead atoms. The first kappa shape index (κ1) is 35.8. The molecule has 17 heteroatoms. The molecule has 0 saturated carbocycles. The second-order valence-corrected chi connectivity index (χ2v) is 7.99. The van der Waals surface area contributed by atoms with Gasteiger partial charge in [-0.15, -0.1) is 0 Å². The molecule has 0 aromatic heterocycles. The Bertz CT molecular complexity index is 1070. The van der Waals surface area contributed by atoms with E-state index in [4.69, 9.17) is 23.7 Å². The second-order valence-electron chi connectivity index (χ2n) is 7.99. The summed E-state index contributed by atoms with van der Waals surface area (Å²) in [5.74, 6) is -17.4. The van der Waals surface area contributed by atoms with Crippen LogP contribution in [-0.2, 0) is 23.7 Å². The highest BCUT2D eigenvalue weighted by molar-refractivity contribution is 5.76. The van der Waals surface area contributed by atoms with Crippen LogP contribution >= 0.6 is 0 Å². The quantitative estimate of drug-likeness (QED) is 0.0825. The van der Waals surface area contributed by atoms with Gasteiger partial charge in [-0.05, 0) is 0 Å². The van der Waals surface area contributed by atoms with Crippen molar-refractivity contribution in [1.82, 2.24) is 0 Å². The summed E-state index contributed by atoms with van der Waals surface area (Å²) < 4.78 is 144. The Morgan fingerprint density at radius 2 is 0.558 bits per heavy atom. The number of halogens is 8. The van der Waals surface area contributed by atoms with E-state index in [-0.39, 0.29) is 78.6 Å². The van der Waals surface area contributed by atoms with Crippen molar-refractivity contribution < 1.29 is 77.9 Å². The van der Waals surface area contributed by atoms with Crippen LogP contribution < -0.4 is 9.47 Å². The summed E-state index contributed by atoms with van der Waals surface area (Å²) >= 11 is 0. The molecule has 0 saturated heterocycles. The van der Waals surface area contributed by atoms with Gasteiger partial charge in [0.15, 0.2) is 47.3 Å². The van der Waals surface area contributed by atoms with E-state index in [1.807, 2.05) is 0 Å². The van der Waals surface area contributed by atoms with Crippen LogP contribution in [0.25, 0.3) is 0 Å². The molecule has 240 valence electrons. The fraction of sp³-hybridized carbons (Fsp3) is 0.462. The lowest BCUT2D eigenvalue weighted by Crippen LogP contribution is -2.16.